The molecule has 1 aliphatic heterocycles. The molecular formula is C23H29N5O. The molecule has 6 heteroatoms. The minimum atomic E-state index is -0.453. The summed E-state index contributed by atoms with van der Waals surface area (Å²) >= 11 is 0. The molecule has 0 bridgehead atoms. The maximum atomic E-state index is 11.6. The largest absolute Gasteiger partial charge is 0.366 e. The fourth-order valence-electron chi connectivity index (χ4n) is 4.35. The number of hydrogen-bond acceptors (Lipinski definition) is 4. The molecule has 4 rings (SSSR count). The summed E-state index contributed by atoms with van der Waals surface area (Å²) in [5.74, 6) is 0.305. The number of fused-ring (bicyclic) bond motifs is 1. The molecule has 3 aromatic rings. The third kappa shape index (κ3) is 4.49. The van der Waals surface area contributed by atoms with E-state index in [0.29, 0.717) is 11.1 Å². The first-order chi connectivity index (χ1) is 14.0. The Hall–Kier alpha value is -2.70. The van der Waals surface area contributed by atoms with Gasteiger partial charge in [-0.05, 0) is 63.2 Å². The second-order valence-corrected chi connectivity index (χ2v) is 8.35. The number of piperidine rings is 1. The third-order valence-electron chi connectivity index (χ3n) is 5.64. The number of amides is 1. The SMILES string of the molecule is CN(C)CC1CCCN(Cc2ccc(-n3cc4cccc(C(N)=O)c4n3)cc2)C1. The minimum absolute atomic E-state index is 0.453. The highest BCUT2D eigenvalue weighted by Gasteiger charge is 2.20. The van der Waals surface area contributed by atoms with Crippen LogP contribution in [0.25, 0.3) is 16.6 Å². The summed E-state index contributed by atoms with van der Waals surface area (Å²) in [4.78, 5) is 16.5. The quantitative estimate of drug-likeness (QED) is 0.702. The molecule has 0 spiro atoms. The van der Waals surface area contributed by atoms with Crippen LogP contribution in [0.1, 0.15) is 28.8 Å². The van der Waals surface area contributed by atoms with Crippen molar-refractivity contribution in [1.29, 1.82) is 0 Å². The first-order valence-corrected chi connectivity index (χ1v) is 10.2. The van der Waals surface area contributed by atoms with Gasteiger partial charge in [-0.2, -0.15) is 5.10 Å². The van der Waals surface area contributed by atoms with E-state index in [-0.39, 0.29) is 0 Å². The second kappa shape index (κ2) is 8.35. The highest BCUT2D eigenvalue weighted by molar-refractivity contribution is 6.04. The zero-order valence-corrected chi connectivity index (χ0v) is 17.2. The van der Waals surface area contributed by atoms with Crippen LogP contribution in [0.2, 0.25) is 0 Å². The fourth-order valence-corrected chi connectivity index (χ4v) is 4.35. The number of hydrogen-bond donors (Lipinski definition) is 1. The summed E-state index contributed by atoms with van der Waals surface area (Å²) in [5.41, 5.74) is 8.86. The van der Waals surface area contributed by atoms with Crippen molar-refractivity contribution in [3.8, 4) is 5.69 Å². The summed E-state index contributed by atoms with van der Waals surface area (Å²) in [5, 5.41) is 5.50. The number of carbonyl (C=O) groups excluding carboxylic acids is 1. The number of nitrogens with zero attached hydrogens (tertiary/aromatic N) is 4. The van der Waals surface area contributed by atoms with E-state index in [1.807, 2.05) is 23.0 Å². The molecule has 0 saturated carbocycles. The van der Waals surface area contributed by atoms with Gasteiger partial charge in [-0.25, -0.2) is 4.68 Å². The van der Waals surface area contributed by atoms with Gasteiger partial charge in [-0.3, -0.25) is 9.69 Å². The Labute approximate surface area is 171 Å². The topological polar surface area (TPSA) is 67.4 Å². The molecule has 1 aliphatic rings. The number of rotatable bonds is 6. The van der Waals surface area contributed by atoms with Gasteiger partial charge in [0.05, 0.1) is 11.3 Å². The Balaban J connectivity index is 1.47. The molecule has 1 amide bonds. The Morgan fingerprint density at radius 1 is 1.21 bits per heavy atom. The van der Waals surface area contributed by atoms with Crippen molar-refractivity contribution in [3.05, 3.63) is 59.8 Å². The number of aromatic nitrogens is 2. The van der Waals surface area contributed by atoms with Gasteiger partial charge in [-0.1, -0.05) is 24.3 Å². The van der Waals surface area contributed by atoms with Crippen molar-refractivity contribution in [2.45, 2.75) is 19.4 Å². The molecule has 1 saturated heterocycles. The highest BCUT2D eigenvalue weighted by Crippen LogP contribution is 2.22. The van der Waals surface area contributed by atoms with E-state index in [0.717, 1.165) is 30.1 Å². The first-order valence-electron chi connectivity index (χ1n) is 10.2. The van der Waals surface area contributed by atoms with Crippen LogP contribution < -0.4 is 5.73 Å². The first kappa shape index (κ1) is 19.6. The number of nitrogens with two attached hydrogens (primary N) is 1. The van der Waals surface area contributed by atoms with Crippen LogP contribution in [-0.4, -0.2) is 59.2 Å². The zero-order valence-electron chi connectivity index (χ0n) is 17.2. The summed E-state index contributed by atoms with van der Waals surface area (Å²) in [7, 11) is 4.31. The molecule has 2 aromatic carbocycles. The van der Waals surface area contributed by atoms with E-state index in [1.54, 1.807) is 6.07 Å². The molecule has 1 unspecified atom stereocenters. The van der Waals surface area contributed by atoms with Crippen LogP contribution in [0.15, 0.2) is 48.7 Å². The van der Waals surface area contributed by atoms with E-state index in [1.165, 1.54) is 31.5 Å². The average Bonchev–Trinajstić information content (AvgIpc) is 3.12. The van der Waals surface area contributed by atoms with Gasteiger partial charge in [0.15, 0.2) is 0 Å². The van der Waals surface area contributed by atoms with Gasteiger partial charge in [0.25, 0.3) is 5.91 Å². The van der Waals surface area contributed by atoms with E-state index >= 15 is 0 Å². The standard InChI is InChI=1S/C23H29N5O/c1-26(2)13-18-5-4-12-27(15-18)14-17-8-10-20(11-9-17)28-16-19-6-3-7-21(23(24)29)22(19)25-28/h3,6-11,16,18H,4-5,12-15H2,1-2H3,(H2,24,29). The number of likely N-dealkylation sites (tertiary alicyclic amines) is 1. The number of carbonyl (C=O) groups is 1. The van der Waals surface area contributed by atoms with E-state index in [4.69, 9.17) is 5.73 Å². The molecule has 1 atom stereocenters. The van der Waals surface area contributed by atoms with Crippen LogP contribution in [0.5, 0.6) is 0 Å². The summed E-state index contributed by atoms with van der Waals surface area (Å²) in [6, 6.07) is 14.0. The number of benzene rings is 2. The van der Waals surface area contributed by atoms with Crippen LogP contribution >= 0.6 is 0 Å². The minimum Gasteiger partial charge on any atom is -0.366 e. The lowest BCUT2D eigenvalue weighted by molar-refractivity contribution is 0.100. The Morgan fingerprint density at radius 3 is 2.72 bits per heavy atom. The summed E-state index contributed by atoms with van der Waals surface area (Å²) in [6.45, 7) is 4.49. The van der Waals surface area contributed by atoms with Crippen molar-refractivity contribution in [1.82, 2.24) is 19.6 Å². The lowest BCUT2D eigenvalue weighted by Gasteiger charge is -2.34. The maximum Gasteiger partial charge on any atom is 0.250 e. The van der Waals surface area contributed by atoms with E-state index in [2.05, 4.69) is 53.3 Å². The maximum absolute atomic E-state index is 11.6. The fraction of sp³-hybridized carbons (Fsp3) is 0.391. The Kier molecular flexibility index (Phi) is 5.65. The molecule has 2 heterocycles. The Bertz CT molecular complexity index is 992. The predicted octanol–water partition coefficient (Wildman–Crippen LogP) is 2.90. The molecule has 6 nitrogen and oxygen atoms in total. The van der Waals surface area contributed by atoms with Crippen molar-refractivity contribution < 1.29 is 4.79 Å². The van der Waals surface area contributed by atoms with Crippen LogP contribution in [0.3, 0.4) is 0 Å². The zero-order chi connectivity index (χ0) is 20.4. The molecule has 0 radical (unpaired) electrons. The lowest BCUT2D eigenvalue weighted by atomic mass is 9.97. The van der Waals surface area contributed by atoms with Gasteiger partial charge >= 0.3 is 0 Å². The smallest absolute Gasteiger partial charge is 0.250 e. The van der Waals surface area contributed by atoms with Crippen molar-refractivity contribution >= 4 is 16.8 Å². The predicted molar refractivity (Wildman–Crippen MR) is 116 cm³/mol. The summed E-state index contributed by atoms with van der Waals surface area (Å²) < 4.78 is 1.81. The van der Waals surface area contributed by atoms with Crippen molar-refractivity contribution in [2.24, 2.45) is 11.7 Å². The Morgan fingerprint density at radius 2 is 2.00 bits per heavy atom. The van der Waals surface area contributed by atoms with E-state index < -0.39 is 5.91 Å². The van der Waals surface area contributed by atoms with Crippen LogP contribution in [0.4, 0.5) is 0 Å². The normalized spacial score (nSPS) is 17.8. The molecule has 1 fully saturated rings. The summed E-state index contributed by atoms with van der Waals surface area (Å²) in [6.07, 6.45) is 4.54. The lowest BCUT2D eigenvalue weighted by Crippen LogP contribution is -2.38. The van der Waals surface area contributed by atoms with Gasteiger partial charge in [0.1, 0.15) is 5.52 Å². The number of primary amides is 1. The monoisotopic (exact) mass is 391 g/mol. The highest BCUT2D eigenvalue weighted by atomic mass is 16.1. The van der Waals surface area contributed by atoms with Crippen molar-refractivity contribution in [2.75, 3.05) is 33.7 Å². The molecule has 29 heavy (non-hydrogen) atoms. The molecule has 0 aliphatic carbocycles. The molecule has 152 valence electrons. The van der Waals surface area contributed by atoms with Gasteiger partial charge in [0, 0.05) is 31.2 Å². The van der Waals surface area contributed by atoms with E-state index in [9.17, 15) is 4.79 Å². The molecule has 2 N–H and O–H groups in total. The van der Waals surface area contributed by atoms with Crippen molar-refractivity contribution in [3.63, 3.8) is 0 Å². The second-order valence-electron chi connectivity index (χ2n) is 8.35. The van der Waals surface area contributed by atoms with Gasteiger partial charge in [0.2, 0.25) is 0 Å². The van der Waals surface area contributed by atoms with Gasteiger partial charge in [-0.15, -0.1) is 0 Å². The van der Waals surface area contributed by atoms with Crippen LogP contribution in [0, 0.1) is 5.92 Å². The molecular weight excluding hydrogens is 362 g/mol. The average molecular weight is 392 g/mol. The van der Waals surface area contributed by atoms with Gasteiger partial charge < -0.3 is 10.6 Å². The third-order valence-corrected chi connectivity index (χ3v) is 5.64. The van der Waals surface area contributed by atoms with Crippen LogP contribution in [-0.2, 0) is 6.54 Å². The molecule has 1 aromatic heterocycles.